The Morgan fingerprint density at radius 1 is 1.10 bits per heavy atom. The number of fused-ring (bicyclic) bond motifs is 4. The molecule has 2 aliphatic rings. The number of benzene rings is 1. The van der Waals surface area contributed by atoms with Crippen LogP contribution in [0.4, 0.5) is 13.2 Å². The van der Waals surface area contributed by atoms with Crippen molar-refractivity contribution in [3.63, 3.8) is 0 Å². The van der Waals surface area contributed by atoms with E-state index in [4.69, 9.17) is 0 Å². The van der Waals surface area contributed by atoms with Gasteiger partial charge in [-0.1, -0.05) is 0 Å². The van der Waals surface area contributed by atoms with E-state index in [9.17, 15) is 18.0 Å². The summed E-state index contributed by atoms with van der Waals surface area (Å²) in [7, 11) is 3.49. The molecule has 9 heteroatoms. The average Bonchev–Trinajstić information content (AvgIpc) is 3.33. The maximum absolute atomic E-state index is 13.9. The second-order valence-electron chi connectivity index (χ2n) is 8.02. The molecule has 1 amide bonds. The largest absolute Gasteiger partial charge is 0.327 e. The highest BCUT2D eigenvalue weighted by Gasteiger charge is 2.46. The van der Waals surface area contributed by atoms with E-state index < -0.39 is 17.5 Å². The predicted octanol–water partition coefficient (Wildman–Crippen LogP) is 3.45. The molecule has 0 saturated carbocycles. The molecule has 0 aliphatic carbocycles. The molecule has 2 atom stereocenters. The second-order valence-corrected chi connectivity index (χ2v) is 8.02. The molecule has 156 valence electrons. The van der Waals surface area contributed by atoms with Crippen LogP contribution in [0.3, 0.4) is 0 Å². The molecule has 3 aromatic rings. The Balaban J connectivity index is 1.58. The van der Waals surface area contributed by atoms with Crippen LogP contribution >= 0.6 is 0 Å². The van der Waals surface area contributed by atoms with Gasteiger partial charge in [-0.25, -0.2) is 13.2 Å². The quantitative estimate of drug-likeness (QED) is 0.603. The van der Waals surface area contributed by atoms with Gasteiger partial charge >= 0.3 is 0 Å². The van der Waals surface area contributed by atoms with Crippen molar-refractivity contribution in [2.75, 3.05) is 0 Å². The topological polar surface area (TPSA) is 56.0 Å². The summed E-state index contributed by atoms with van der Waals surface area (Å²) < 4.78 is 44.4. The van der Waals surface area contributed by atoms with Crippen LogP contribution in [0.1, 0.15) is 46.2 Å². The van der Waals surface area contributed by atoms with E-state index in [-0.39, 0.29) is 23.6 Å². The number of nitrogens with zero attached hydrogens (tertiary/aromatic N) is 5. The Labute approximate surface area is 170 Å². The number of halogens is 3. The summed E-state index contributed by atoms with van der Waals surface area (Å²) in [6.45, 7) is 1.86. The summed E-state index contributed by atoms with van der Waals surface area (Å²) in [6, 6.07) is 1.75. The van der Waals surface area contributed by atoms with Gasteiger partial charge in [-0.15, -0.1) is 0 Å². The minimum absolute atomic E-state index is 0.0345. The Morgan fingerprint density at radius 3 is 2.43 bits per heavy atom. The number of carbonyl (C=O) groups is 1. The molecule has 1 saturated heterocycles. The van der Waals surface area contributed by atoms with Crippen molar-refractivity contribution in [3.05, 3.63) is 58.3 Å². The van der Waals surface area contributed by atoms with Gasteiger partial charge in [0.15, 0.2) is 17.5 Å². The third-order valence-electron chi connectivity index (χ3n) is 6.39. The Kier molecular flexibility index (Phi) is 4.06. The number of amides is 1. The lowest BCUT2D eigenvalue weighted by molar-refractivity contribution is 0.0641. The molecule has 1 fully saturated rings. The first-order valence-corrected chi connectivity index (χ1v) is 9.79. The van der Waals surface area contributed by atoms with Gasteiger partial charge in [-0.05, 0) is 38.3 Å². The number of rotatable bonds is 2. The van der Waals surface area contributed by atoms with E-state index in [0.717, 1.165) is 41.9 Å². The standard InChI is InChI=1S/C21H20F3N5O/c1-10-14(9-25-27(10)2)21(30)29-12-4-5-17(29)19-13(8-12)20(28(3)26-19)11-6-15(22)18(24)16(23)7-11/h6-7,9,12,17H,4-5,8H2,1-3H3. The van der Waals surface area contributed by atoms with Gasteiger partial charge in [0.25, 0.3) is 5.91 Å². The third-order valence-corrected chi connectivity index (χ3v) is 6.39. The number of hydrogen-bond donors (Lipinski definition) is 0. The van der Waals surface area contributed by atoms with Gasteiger partial charge < -0.3 is 4.90 Å². The fourth-order valence-electron chi connectivity index (χ4n) is 4.85. The van der Waals surface area contributed by atoms with Gasteiger partial charge in [0, 0.05) is 37.0 Å². The van der Waals surface area contributed by atoms with Gasteiger partial charge in [-0.2, -0.15) is 10.2 Å². The van der Waals surface area contributed by atoms with E-state index >= 15 is 0 Å². The predicted molar refractivity (Wildman–Crippen MR) is 102 cm³/mol. The first kappa shape index (κ1) is 18.9. The SMILES string of the molecule is Cc1c(C(=O)N2C3CCC2c2nn(C)c(-c4cc(F)c(F)c(F)c4)c2C3)cnn1C. The second kappa shape index (κ2) is 6.45. The monoisotopic (exact) mass is 415 g/mol. The number of carbonyl (C=O) groups excluding carboxylic acids is 1. The van der Waals surface area contributed by atoms with Crippen LogP contribution in [0.15, 0.2) is 18.3 Å². The highest BCUT2D eigenvalue weighted by molar-refractivity contribution is 5.96. The molecule has 2 aliphatic heterocycles. The summed E-state index contributed by atoms with van der Waals surface area (Å²) in [6.07, 6.45) is 3.70. The van der Waals surface area contributed by atoms with Crippen LogP contribution in [0.25, 0.3) is 11.3 Å². The molecule has 0 N–H and O–H groups in total. The highest BCUT2D eigenvalue weighted by atomic mass is 19.2. The molecule has 4 heterocycles. The van der Waals surface area contributed by atoms with Gasteiger partial charge in [0.05, 0.1) is 29.2 Å². The Hall–Kier alpha value is -3.10. The van der Waals surface area contributed by atoms with E-state index in [1.54, 1.807) is 29.7 Å². The van der Waals surface area contributed by atoms with Crippen LogP contribution in [-0.2, 0) is 20.5 Å². The van der Waals surface area contributed by atoms with Crippen molar-refractivity contribution in [1.29, 1.82) is 0 Å². The average molecular weight is 415 g/mol. The fourth-order valence-corrected chi connectivity index (χ4v) is 4.85. The molecular formula is C21H20F3N5O. The molecule has 5 rings (SSSR count). The third kappa shape index (κ3) is 2.54. The summed E-state index contributed by atoms with van der Waals surface area (Å²) in [5.74, 6) is -4.03. The number of aryl methyl sites for hydroxylation is 2. The summed E-state index contributed by atoms with van der Waals surface area (Å²) in [5.41, 5.74) is 3.76. The summed E-state index contributed by atoms with van der Waals surface area (Å²) in [4.78, 5) is 15.2. The molecule has 6 nitrogen and oxygen atoms in total. The zero-order valence-electron chi connectivity index (χ0n) is 16.8. The number of hydrogen-bond acceptors (Lipinski definition) is 3. The number of aromatic nitrogens is 4. The van der Waals surface area contributed by atoms with Crippen LogP contribution in [0.2, 0.25) is 0 Å². The van der Waals surface area contributed by atoms with Crippen molar-refractivity contribution in [2.24, 2.45) is 14.1 Å². The van der Waals surface area contributed by atoms with Crippen molar-refractivity contribution < 1.29 is 18.0 Å². The van der Waals surface area contributed by atoms with Gasteiger partial charge in [-0.3, -0.25) is 14.2 Å². The zero-order valence-corrected chi connectivity index (χ0v) is 16.8. The normalized spacial score (nSPS) is 20.0. The first-order chi connectivity index (χ1) is 14.3. The smallest absolute Gasteiger partial charge is 0.258 e. The minimum Gasteiger partial charge on any atom is -0.327 e. The lowest BCUT2D eigenvalue weighted by Crippen LogP contribution is -2.42. The highest BCUT2D eigenvalue weighted by Crippen LogP contribution is 2.46. The lowest BCUT2D eigenvalue weighted by Gasteiger charge is -2.34. The Morgan fingerprint density at radius 2 is 1.80 bits per heavy atom. The first-order valence-electron chi connectivity index (χ1n) is 9.79. The van der Waals surface area contributed by atoms with Crippen molar-refractivity contribution in [3.8, 4) is 11.3 Å². The van der Waals surface area contributed by atoms with Crippen LogP contribution in [0, 0.1) is 24.4 Å². The van der Waals surface area contributed by atoms with E-state index in [2.05, 4.69) is 10.2 Å². The molecule has 30 heavy (non-hydrogen) atoms. The summed E-state index contributed by atoms with van der Waals surface area (Å²) in [5, 5.41) is 8.78. The van der Waals surface area contributed by atoms with E-state index in [1.165, 1.54) is 0 Å². The maximum Gasteiger partial charge on any atom is 0.258 e. The molecule has 2 aromatic heterocycles. The fraction of sp³-hybridized carbons (Fsp3) is 0.381. The molecule has 0 radical (unpaired) electrons. The van der Waals surface area contributed by atoms with Crippen molar-refractivity contribution in [2.45, 2.75) is 38.3 Å². The van der Waals surface area contributed by atoms with Crippen LogP contribution < -0.4 is 0 Å². The molecule has 1 aromatic carbocycles. The molecule has 2 bridgehead atoms. The van der Waals surface area contributed by atoms with E-state index in [1.807, 2.05) is 11.8 Å². The van der Waals surface area contributed by atoms with Crippen LogP contribution in [-0.4, -0.2) is 36.4 Å². The maximum atomic E-state index is 13.9. The van der Waals surface area contributed by atoms with Crippen molar-refractivity contribution in [1.82, 2.24) is 24.5 Å². The summed E-state index contributed by atoms with van der Waals surface area (Å²) >= 11 is 0. The van der Waals surface area contributed by atoms with Crippen LogP contribution in [0.5, 0.6) is 0 Å². The molecule has 2 unspecified atom stereocenters. The zero-order chi connectivity index (χ0) is 21.3. The lowest BCUT2D eigenvalue weighted by atomic mass is 9.94. The molecular weight excluding hydrogens is 395 g/mol. The minimum atomic E-state index is -1.49. The molecule has 0 spiro atoms. The van der Waals surface area contributed by atoms with Crippen molar-refractivity contribution >= 4 is 5.91 Å². The Bertz CT molecular complexity index is 1170. The van der Waals surface area contributed by atoms with Gasteiger partial charge in [0.2, 0.25) is 0 Å². The van der Waals surface area contributed by atoms with Gasteiger partial charge in [0.1, 0.15) is 0 Å². The van der Waals surface area contributed by atoms with E-state index in [0.29, 0.717) is 17.7 Å².